The fraction of sp³-hybridized carbons (Fsp3) is 1.00. The van der Waals surface area contributed by atoms with E-state index in [9.17, 15) is 0 Å². The first-order valence-electron chi connectivity index (χ1n) is 5.03. The summed E-state index contributed by atoms with van der Waals surface area (Å²) in [5.41, 5.74) is 0. The molecule has 2 unspecified atom stereocenters. The average molecular weight is 186 g/mol. The van der Waals surface area contributed by atoms with Crippen LogP contribution in [-0.4, -0.2) is 63.3 Å². The lowest BCUT2D eigenvalue weighted by Gasteiger charge is -2.19. The Bertz CT molecular complexity index is 132. The van der Waals surface area contributed by atoms with Crippen molar-refractivity contribution in [1.82, 2.24) is 9.80 Å². The normalized spacial score (nSPS) is 29.1. The van der Waals surface area contributed by atoms with Gasteiger partial charge in [0.1, 0.15) is 0 Å². The Morgan fingerprint density at radius 1 is 0.923 bits per heavy atom. The van der Waals surface area contributed by atoms with Gasteiger partial charge in [0.05, 0.1) is 12.2 Å². The molecule has 0 aliphatic carbocycles. The maximum Gasteiger partial charge on any atom is 0.0707 e. The molecule has 13 heavy (non-hydrogen) atoms. The van der Waals surface area contributed by atoms with Crippen LogP contribution < -0.4 is 0 Å². The SMILES string of the molecule is CN(C)CC1CCC(CN(C)C)O1. The highest BCUT2D eigenvalue weighted by Crippen LogP contribution is 2.20. The molecular formula is C10H22N2O. The molecule has 0 bridgehead atoms. The van der Waals surface area contributed by atoms with Crippen LogP contribution in [-0.2, 0) is 4.74 Å². The molecule has 1 saturated heterocycles. The quantitative estimate of drug-likeness (QED) is 0.641. The summed E-state index contributed by atoms with van der Waals surface area (Å²) in [7, 11) is 8.40. The molecule has 1 aliphatic rings. The molecular weight excluding hydrogens is 164 g/mol. The summed E-state index contributed by atoms with van der Waals surface area (Å²) in [4.78, 5) is 4.39. The highest BCUT2D eigenvalue weighted by atomic mass is 16.5. The van der Waals surface area contributed by atoms with E-state index in [0.717, 1.165) is 13.1 Å². The molecule has 0 amide bonds. The smallest absolute Gasteiger partial charge is 0.0707 e. The Morgan fingerprint density at radius 3 is 1.62 bits per heavy atom. The molecule has 1 fully saturated rings. The molecule has 3 nitrogen and oxygen atoms in total. The average Bonchev–Trinajstić information content (AvgIpc) is 2.33. The summed E-state index contributed by atoms with van der Waals surface area (Å²) in [6, 6.07) is 0. The van der Waals surface area contributed by atoms with E-state index < -0.39 is 0 Å². The van der Waals surface area contributed by atoms with Crippen molar-refractivity contribution in [2.45, 2.75) is 25.0 Å². The van der Waals surface area contributed by atoms with E-state index in [-0.39, 0.29) is 0 Å². The van der Waals surface area contributed by atoms with Gasteiger partial charge in [-0.3, -0.25) is 0 Å². The third-order valence-corrected chi connectivity index (χ3v) is 2.33. The van der Waals surface area contributed by atoms with Crippen LogP contribution in [0.2, 0.25) is 0 Å². The number of rotatable bonds is 4. The molecule has 1 aliphatic heterocycles. The van der Waals surface area contributed by atoms with Crippen molar-refractivity contribution < 1.29 is 4.74 Å². The summed E-state index contributed by atoms with van der Waals surface area (Å²) < 4.78 is 5.90. The van der Waals surface area contributed by atoms with Crippen LogP contribution in [0.5, 0.6) is 0 Å². The Labute approximate surface area is 81.7 Å². The molecule has 0 aromatic rings. The zero-order valence-corrected chi connectivity index (χ0v) is 9.29. The van der Waals surface area contributed by atoms with Gasteiger partial charge in [-0.05, 0) is 41.0 Å². The topological polar surface area (TPSA) is 15.7 Å². The lowest BCUT2D eigenvalue weighted by Crippen LogP contribution is -2.29. The van der Waals surface area contributed by atoms with Crippen LogP contribution >= 0.6 is 0 Å². The molecule has 0 saturated carbocycles. The van der Waals surface area contributed by atoms with Gasteiger partial charge in [-0.1, -0.05) is 0 Å². The highest BCUT2D eigenvalue weighted by molar-refractivity contribution is 4.76. The first-order chi connectivity index (χ1) is 6.08. The van der Waals surface area contributed by atoms with Gasteiger partial charge in [-0.2, -0.15) is 0 Å². The van der Waals surface area contributed by atoms with E-state index in [4.69, 9.17) is 4.74 Å². The van der Waals surface area contributed by atoms with Crippen LogP contribution in [0.25, 0.3) is 0 Å². The molecule has 1 heterocycles. The van der Waals surface area contributed by atoms with Gasteiger partial charge in [0.2, 0.25) is 0 Å². The summed E-state index contributed by atoms with van der Waals surface area (Å²) in [5, 5.41) is 0. The summed E-state index contributed by atoms with van der Waals surface area (Å²) in [6.07, 6.45) is 3.35. The van der Waals surface area contributed by atoms with E-state index in [0.29, 0.717) is 12.2 Å². The van der Waals surface area contributed by atoms with E-state index >= 15 is 0 Å². The minimum atomic E-state index is 0.458. The fourth-order valence-electron chi connectivity index (χ4n) is 1.86. The Balaban J connectivity index is 2.20. The van der Waals surface area contributed by atoms with Crippen LogP contribution in [0.1, 0.15) is 12.8 Å². The Kier molecular flexibility index (Phi) is 4.16. The maximum absolute atomic E-state index is 5.90. The monoisotopic (exact) mass is 186 g/mol. The molecule has 3 heteroatoms. The van der Waals surface area contributed by atoms with E-state index in [1.54, 1.807) is 0 Å². The van der Waals surface area contributed by atoms with Crippen LogP contribution in [0, 0.1) is 0 Å². The minimum Gasteiger partial charge on any atom is -0.372 e. The van der Waals surface area contributed by atoms with Crippen molar-refractivity contribution in [3.05, 3.63) is 0 Å². The second-order valence-corrected chi connectivity index (χ2v) is 4.48. The summed E-state index contributed by atoms with van der Waals surface area (Å²) in [5.74, 6) is 0. The molecule has 1 rings (SSSR count). The largest absolute Gasteiger partial charge is 0.372 e. The second kappa shape index (κ2) is 4.94. The number of likely N-dealkylation sites (N-methyl/N-ethyl adjacent to an activating group) is 2. The van der Waals surface area contributed by atoms with Gasteiger partial charge in [-0.25, -0.2) is 0 Å². The van der Waals surface area contributed by atoms with Crippen molar-refractivity contribution in [2.75, 3.05) is 41.3 Å². The zero-order valence-electron chi connectivity index (χ0n) is 9.29. The highest BCUT2D eigenvalue weighted by Gasteiger charge is 2.25. The lowest BCUT2D eigenvalue weighted by atomic mass is 10.2. The first kappa shape index (κ1) is 11.0. The number of ether oxygens (including phenoxy) is 1. The van der Waals surface area contributed by atoms with Gasteiger partial charge in [0, 0.05) is 13.1 Å². The van der Waals surface area contributed by atoms with Crippen molar-refractivity contribution in [1.29, 1.82) is 0 Å². The van der Waals surface area contributed by atoms with E-state index in [1.807, 2.05) is 0 Å². The summed E-state index contributed by atoms with van der Waals surface area (Å²) >= 11 is 0. The van der Waals surface area contributed by atoms with Crippen molar-refractivity contribution >= 4 is 0 Å². The lowest BCUT2D eigenvalue weighted by molar-refractivity contribution is 0.0194. The van der Waals surface area contributed by atoms with Crippen LogP contribution in [0.4, 0.5) is 0 Å². The van der Waals surface area contributed by atoms with Crippen molar-refractivity contribution in [2.24, 2.45) is 0 Å². The number of nitrogens with zero attached hydrogens (tertiary/aromatic N) is 2. The molecule has 2 atom stereocenters. The third kappa shape index (κ3) is 4.07. The molecule has 0 aromatic carbocycles. The Morgan fingerprint density at radius 2 is 1.31 bits per heavy atom. The maximum atomic E-state index is 5.90. The molecule has 0 spiro atoms. The summed E-state index contributed by atoms with van der Waals surface area (Å²) in [6.45, 7) is 2.12. The first-order valence-corrected chi connectivity index (χ1v) is 5.03. The standard InChI is InChI=1S/C10H22N2O/c1-11(2)7-9-5-6-10(13-9)8-12(3)4/h9-10H,5-8H2,1-4H3. The van der Waals surface area contributed by atoms with Crippen LogP contribution in [0.3, 0.4) is 0 Å². The third-order valence-electron chi connectivity index (χ3n) is 2.33. The Hall–Kier alpha value is -0.120. The molecule has 78 valence electrons. The van der Waals surface area contributed by atoms with E-state index in [1.165, 1.54) is 12.8 Å². The molecule has 0 N–H and O–H groups in total. The molecule has 0 radical (unpaired) electrons. The fourth-order valence-corrected chi connectivity index (χ4v) is 1.86. The minimum absolute atomic E-state index is 0.458. The molecule has 0 aromatic heterocycles. The number of hydrogen-bond donors (Lipinski definition) is 0. The van der Waals surface area contributed by atoms with Crippen molar-refractivity contribution in [3.8, 4) is 0 Å². The predicted molar refractivity (Wildman–Crippen MR) is 55.0 cm³/mol. The van der Waals surface area contributed by atoms with Gasteiger partial charge >= 0.3 is 0 Å². The van der Waals surface area contributed by atoms with E-state index in [2.05, 4.69) is 38.0 Å². The number of hydrogen-bond acceptors (Lipinski definition) is 3. The van der Waals surface area contributed by atoms with Gasteiger partial charge in [0.25, 0.3) is 0 Å². The van der Waals surface area contributed by atoms with Gasteiger partial charge in [0.15, 0.2) is 0 Å². The van der Waals surface area contributed by atoms with Gasteiger partial charge < -0.3 is 14.5 Å². The van der Waals surface area contributed by atoms with Gasteiger partial charge in [-0.15, -0.1) is 0 Å². The van der Waals surface area contributed by atoms with Crippen LogP contribution in [0.15, 0.2) is 0 Å². The van der Waals surface area contributed by atoms with Crippen molar-refractivity contribution in [3.63, 3.8) is 0 Å². The second-order valence-electron chi connectivity index (χ2n) is 4.48. The zero-order chi connectivity index (χ0) is 9.84. The predicted octanol–water partition coefficient (Wildman–Crippen LogP) is 0.657.